The van der Waals surface area contributed by atoms with E-state index in [2.05, 4.69) is 38.2 Å². The third-order valence-corrected chi connectivity index (χ3v) is 1.34. The molecule has 0 saturated heterocycles. The molecule has 0 unspecified atom stereocenters. The van der Waals surface area contributed by atoms with Crippen LogP contribution in [-0.2, 0) is 0 Å². The minimum Gasteiger partial charge on any atom is -0.386 e. The van der Waals surface area contributed by atoms with Crippen LogP contribution in [0.5, 0.6) is 0 Å². The zero-order valence-electron chi connectivity index (χ0n) is 8.65. The summed E-state index contributed by atoms with van der Waals surface area (Å²) in [7, 11) is 0. The Bertz CT molecular complexity index is 144. The van der Waals surface area contributed by atoms with Crippen LogP contribution in [-0.4, -0.2) is 12.4 Å². The van der Waals surface area contributed by atoms with Gasteiger partial charge in [0.05, 0.1) is 0 Å². The van der Waals surface area contributed by atoms with Gasteiger partial charge in [-0.15, -0.1) is 0 Å². The van der Waals surface area contributed by atoms with Gasteiger partial charge in [-0.05, 0) is 11.8 Å². The normalized spacial score (nSPS) is 13.2. The molecule has 0 rings (SSSR count). The fourth-order valence-corrected chi connectivity index (χ4v) is 0.690. The Morgan fingerprint density at radius 2 is 2.00 bits per heavy atom. The Hall–Kier alpha value is -0.730. The van der Waals surface area contributed by atoms with Gasteiger partial charge in [0, 0.05) is 13.0 Å². The quantitative estimate of drug-likeness (QED) is 0.384. The van der Waals surface area contributed by atoms with E-state index in [1.165, 1.54) is 0 Å². The highest BCUT2D eigenvalue weighted by atomic mass is 15.3. The van der Waals surface area contributed by atoms with Crippen molar-refractivity contribution in [2.75, 3.05) is 6.54 Å². The number of rotatable bonds is 4. The van der Waals surface area contributed by atoms with Gasteiger partial charge in [-0.2, -0.15) is 5.10 Å². The van der Waals surface area contributed by atoms with E-state index >= 15 is 0 Å². The Morgan fingerprint density at radius 3 is 2.42 bits per heavy atom. The monoisotopic (exact) mass is 171 g/mol. The molecule has 0 aromatic heterocycles. The molecule has 0 radical (unpaired) electrons. The van der Waals surface area contributed by atoms with Gasteiger partial charge in [-0.25, -0.2) is 0 Å². The minimum atomic E-state index is 0.260. The maximum atomic E-state index is 5.60. The lowest BCUT2D eigenvalue weighted by atomic mass is 9.98. The van der Waals surface area contributed by atoms with Gasteiger partial charge in [0.25, 0.3) is 0 Å². The van der Waals surface area contributed by atoms with E-state index in [1.807, 2.05) is 0 Å². The highest BCUT2D eigenvalue weighted by molar-refractivity contribution is 5.79. The van der Waals surface area contributed by atoms with Crippen molar-refractivity contribution >= 4 is 5.84 Å². The topological polar surface area (TPSA) is 50.4 Å². The van der Waals surface area contributed by atoms with Crippen molar-refractivity contribution in [2.24, 2.45) is 16.3 Å². The SMILES string of the molecule is CCC/C(N)=N\NCC(C)(C)C. The van der Waals surface area contributed by atoms with Crippen molar-refractivity contribution in [3.05, 3.63) is 0 Å². The molecule has 0 aliphatic rings. The van der Waals surface area contributed by atoms with Gasteiger partial charge < -0.3 is 11.2 Å². The lowest BCUT2D eigenvalue weighted by molar-refractivity contribution is 0.385. The molecular formula is C9H21N3. The average Bonchev–Trinajstić information content (AvgIpc) is 1.84. The predicted molar refractivity (Wildman–Crippen MR) is 54.0 cm³/mol. The second-order valence-corrected chi connectivity index (χ2v) is 4.25. The molecule has 0 spiro atoms. The van der Waals surface area contributed by atoms with E-state index in [0.717, 1.165) is 19.4 Å². The van der Waals surface area contributed by atoms with Crippen LogP contribution in [0.15, 0.2) is 5.10 Å². The second-order valence-electron chi connectivity index (χ2n) is 4.25. The third kappa shape index (κ3) is 7.38. The Balaban J connectivity index is 3.60. The number of hydrogen-bond acceptors (Lipinski definition) is 2. The second kappa shape index (κ2) is 5.01. The summed E-state index contributed by atoms with van der Waals surface area (Å²) in [6, 6.07) is 0. The van der Waals surface area contributed by atoms with E-state index in [4.69, 9.17) is 5.73 Å². The summed E-state index contributed by atoms with van der Waals surface area (Å²) in [6.45, 7) is 9.42. The van der Waals surface area contributed by atoms with E-state index in [0.29, 0.717) is 5.84 Å². The summed E-state index contributed by atoms with van der Waals surface area (Å²) in [6.07, 6.45) is 1.92. The summed E-state index contributed by atoms with van der Waals surface area (Å²) in [4.78, 5) is 0. The van der Waals surface area contributed by atoms with E-state index in [-0.39, 0.29) is 5.41 Å². The lowest BCUT2D eigenvalue weighted by Crippen LogP contribution is -2.25. The zero-order valence-corrected chi connectivity index (χ0v) is 8.65. The third-order valence-electron chi connectivity index (χ3n) is 1.34. The number of nitrogens with zero attached hydrogens (tertiary/aromatic N) is 1. The van der Waals surface area contributed by atoms with Crippen LogP contribution in [0.25, 0.3) is 0 Å². The Morgan fingerprint density at radius 1 is 1.42 bits per heavy atom. The molecule has 0 atom stereocenters. The van der Waals surface area contributed by atoms with Crippen molar-refractivity contribution in [1.82, 2.24) is 5.43 Å². The number of nitrogens with one attached hydrogen (secondary N) is 1. The molecule has 0 bridgehead atoms. The Kier molecular flexibility index (Phi) is 4.71. The predicted octanol–water partition coefficient (Wildman–Crippen LogP) is 1.69. The van der Waals surface area contributed by atoms with Crippen molar-refractivity contribution in [1.29, 1.82) is 0 Å². The number of hydrazone groups is 1. The van der Waals surface area contributed by atoms with Crippen molar-refractivity contribution in [3.8, 4) is 0 Å². The molecule has 3 nitrogen and oxygen atoms in total. The molecule has 12 heavy (non-hydrogen) atoms. The van der Waals surface area contributed by atoms with Gasteiger partial charge in [-0.1, -0.05) is 27.7 Å². The van der Waals surface area contributed by atoms with Crippen LogP contribution in [0.3, 0.4) is 0 Å². The van der Waals surface area contributed by atoms with Gasteiger partial charge >= 0.3 is 0 Å². The number of nitrogens with two attached hydrogens (primary N) is 1. The minimum absolute atomic E-state index is 0.260. The summed E-state index contributed by atoms with van der Waals surface area (Å²) in [5.74, 6) is 0.696. The van der Waals surface area contributed by atoms with Gasteiger partial charge in [0.2, 0.25) is 0 Å². The molecule has 3 N–H and O–H groups in total. The van der Waals surface area contributed by atoms with Crippen molar-refractivity contribution in [2.45, 2.75) is 40.5 Å². The molecule has 0 aliphatic carbocycles. The van der Waals surface area contributed by atoms with Crippen LogP contribution in [0.1, 0.15) is 40.5 Å². The van der Waals surface area contributed by atoms with Gasteiger partial charge in [0.15, 0.2) is 0 Å². The number of hydrogen-bond donors (Lipinski definition) is 2. The van der Waals surface area contributed by atoms with Crippen molar-refractivity contribution < 1.29 is 0 Å². The van der Waals surface area contributed by atoms with Crippen molar-refractivity contribution in [3.63, 3.8) is 0 Å². The molecule has 0 fully saturated rings. The first-order valence-electron chi connectivity index (χ1n) is 4.50. The molecule has 72 valence electrons. The van der Waals surface area contributed by atoms with Crippen LogP contribution in [0.2, 0.25) is 0 Å². The lowest BCUT2D eigenvalue weighted by Gasteiger charge is -2.17. The maximum Gasteiger partial charge on any atom is 0.119 e. The Labute approximate surface area is 75.4 Å². The number of amidine groups is 1. The largest absolute Gasteiger partial charge is 0.386 e. The maximum absolute atomic E-state index is 5.60. The summed E-state index contributed by atoms with van der Waals surface area (Å²) in [5, 5.41) is 4.04. The smallest absolute Gasteiger partial charge is 0.119 e. The standard InChI is InChI=1S/C9H21N3/c1-5-6-8(10)12-11-7-9(2,3)4/h11H,5-7H2,1-4H3,(H2,10,12). The van der Waals surface area contributed by atoms with Crippen LogP contribution in [0, 0.1) is 5.41 Å². The molecular weight excluding hydrogens is 150 g/mol. The first kappa shape index (κ1) is 11.3. The average molecular weight is 171 g/mol. The molecule has 0 aromatic rings. The fourth-order valence-electron chi connectivity index (χ4n) is 0.690. The van der Waals surface area contributed by atoms with Crippen LogP contribution < -0.4 is 11.2 Å². The summed E-state index contributed by atoms with van der Waals surface area (Å²) < 4.78 is 0. The molecule has 3 heteroatoms. The molecule has 0 aromatic carbocycles. The van der Waals surface area contributed by atoms with Gasteiger partial charge in [0.1, 0.15) is 5.84 Å². The first-order chi connectivity index (χ1) is 5.45. The summed E-state index contributed by atoms with van der Waals surface area (Å²) >= 11 is 0. The first-order valence-corrected chi connectivity index (χ1v) is 4.50. The van der Waals surface area contributed by atoms with E-state index in [1.54, 1.807) is 0 Å². The van der Waals surface area contributed by atoms with Crippen LogP contribution >= 0.6 is 0 Å². The van der Waals surface area contributed by atoms with Crippen LogP contribution in [0.4, 0.5) is 0 Å². The molecule has 0 saturated carbocycles. The summed E-state index contributed by atoms with van der Waals surface area (Å²) in [5.41, 5.74) is 8.83. The zero-order chi connectivity index (χ0) is 9.61. The van der Waals surface area contributed by atoms with E-state index in [9.17, 15) is 0 Å². The van der Waals surface area contributed by atoms with E-state index < -0.39 is 0 Å². The fraction of sp³-hybridized carbons (Fsp3) is 0.889. The van der Waals surface area contributed by atoms with Gasteiger partial charge in [-0.3, -0.25) is 0 Å². The molecule has 0 aliphatic heterocycles. The molecule has 0 heterocycles. The molecule has 0 amide bonds. The highest BCUT2D eigenvalue weighted by Gasteiger charge is 2.07. The highest BCUT2D eigenvalue weighted by Crippen LogP contribution is 2.09.